The third kappa shape index (κ3) is 8.59. The summed E-state index contributed by atoms with van der Waals surface area (Å²) in [6, 6.07) is 49.4. The maximum absolute atomic E-state index is 3.65. The number of hydrogen-bond acceptors (Lipinski definition) is 1. The molecule has 0 aliphatic heterocycles. The van der Waals surface area contributed by atoms with Crippen molar-refractivity contribution in [3.8, 4) is 33.4 Å². The van der Waals surface area contributed by atoms with Gasteiger partial charge in [-0.1, -0.05) is 153 Å². The van der Waals surface area contributed by atoms with Crippen LogP contribution in [0.2, 0.25) is 0 Å². The Bertz CT molecular complexity index is 1990. The van der Waals surface area contributed by atoms with Crippen LogP contribution < -0.4 is 4.90 Å². The van der Waals surface area contributed by atoms with E-state index in [1.54, 1.807) is 0 Å². The Kier molecular flexibility index (Phi) is 11.1. The average molecular weight is 800 g/mol. The van der Waals surface area contributed by atoms with E-state index in [-0.39, 0.29) is 10.8 Å². The molecule has 0 radical (unpaired) electrons. The molecule has 6 rings (SSSR count). The normalized spacial score (nSPS) is 11.9. The second-order valence-corrected chi connectivity index (χ2v) is 17.3. The highest BCUT2D eigenvalue weighted by Gasteiger charge is 2.27. The van der Waals surface area contributed by atoms with Gasteiger partial charge in [0, 0.05) is 26.0 Å². The second-order valence-electron chi connectivity index (χ2n) is 15.5. The first kappa shape index (κ1) is 36.9. The van der Waals surface area contributed by atoms with Crippen molar-refractivity contribution < 1.29 is 0 Å². The van der Waals surface area contributed by atoms with Crippen molar-refractivity contribution in [1.29, 1.82) is 0 Å². The van der Waals surface area contributed by atoms with Gasteiger partial charge in [0.2, 0.25) is 0 Å². The maximum Gasteiger partial charge on any atom is 0.0462 e. The zero-order valence-corrected chi connectivity index (χ0v) is 34.2. The molecule has 0 N–H and O–H groups in total. The Morgan fingerprint density at radius 2 is 0.804 bits per heavy atom. The summed E-state index contributed by atoms with van der Waals surface area (Å²) in [6.45, 7) is 16.1. The van der Waals surface area contributed by atoms with Gasteiger partial charge in [0.05, 0.1) is 0 Å². The summed E-state index contributed by atoms with van der Waals surface area (Å²) in [5, 5.41) is 0. The van der Waals surface area contributed by atoms with Gasteiger partial charge >= 0.3 is 0 Å². The summed E-state index contributed by atoms with van der Waals surface area (Å²) in [5.74, 6) is 0. The fourth-order valence-electron chi connectivity index (χ4n) is 7.64. The van der Waals surface area contributed by atoms with Crippen LogP contribution in [0.5, 0.6) is 0 Å². The highest BCUT2D eigenvalue weighted by Crippen LogP contribution is 2.40. The molecule has 0 amide bonds. The molecule has 1 nitrogen and oxygen atoms in total. The SMILES string of the molecule is CCc1cc(Br)ccc1-c1ccc(N(c2ccc(-c3ccc(C(C)(C)CC(C)(C)C)cc3)cc2)c2ccc(-c3ccc(Br)cc3CC)cc2)cc1. The van der Waals surface area contributed by atoms with Gasteiger partial charge in [0.15, 0.2) is 0 Å². The van der Waals surface area contributed by atoms with Crippen LogP contribution in [0.15, 0.2) is 142 Å². The van der Waals surface area contributed by atoms with Crippen LogP contribution in [0.3, 0.4) is 0 Å². The number of hydrogen-bond donors (Lipinski definition) is 0. The van der Waals surface area contributed by atoms with Crippen LogP contribution in [0, 0.1) is 5.41 Å². The maximum atomic E-state index is 3.65. The van der Waals surface area contributed by atoms with Crippen LogP contribution in [0.25, 0.3) is 33.4 Å². The molecule has 260 valence electrons. The van der Waals surface area contributed by atoms with E-state index in [9.17, 15) is 0 Å². The second kappa shape index (κ2) is 15.4. The molecule has 51 heavy (non-hydrogen) atoms. The molecule has 0 aromatic heterocycles. The molecule has 6 aromatic rings. The summed E-state index contributed by atoms with van der Waals surface area (Å²) in [5.41, 5.74) is 15.3. The van der Waals surface area contributed by atoms with Gasteiger partial charge in [-0.2, -0.15) is 0 Å². The van der Waals surface area contributed by atoms with Crippen molar-refractivity contribution in [2.75, 3.05) is 4.90 Å². The van der Waals surface area contributed by atoms with E-state index in [0.717, 1.165) is 45.3 Å². The lowest BCUT2D eigenvalue weighted by molar-refractivity contribution is 0.284. The zero-order valence-electron chi connectivity index (χ0n) is 31.0. The summed E-state index contributed by atoms with van der Waals surface area (Å²) < 4.78 is 2.24. The third-order valence-electron chi connectivity index (χ3n) is 9.87. The van der Waals surface area contributed by atoms with E-state index in [0.29, 0.717) is 0 Å². The number of benzene rings is 6. The zero-order chi connectivity index (χ0) is 36.3. The fourth-order valence-corrected chi connectivity index (χ4v) is 8.46. The standard InChI is InChI=1S/C48H49Br2N/c1-8-33-30-40(49)20-28-45(33)37-14-24-43(25-15-37)51(44-26-16-38(17-27-44)46-29-21-41(50)31-34(46)9-2)42-22-12-36(13-23-42)35-10-18-39(19-11-35)48(6,7)32-47(3,4)5/h10-31H,8-9,32H2,1-7H3. The molecule has 0 aliphatic carbocycles. The van der Waals surface area contributed by atoms with Gasteiger partial charge in [-0.3, -0.25) is 0 Å². The lowest BCUT2D eigenvalue weighted by Gasteiger charge is -2.33. The van der Waals surface area contributed by atoms with Gasteiger partial charge in [0.1, 0.15) is 0 Å². The monoisotopic (exact) mass is 797 g/mol. The topological polar surface area (TPSA) is 3.24 Å². The largest absolute Gasteiger partial charge is 0.311 e. The van der Waals surface area contributed by atoms with Crippen molar-refractivity contribution >= 4 is 48.9 Å². The average Bonchev–Trinajstić information content (AvgIpc) is 3.12. The number of halogens is 2. The predicted molar refractivity (Wildman–Crippen MR) is 229 cm³/mol. The molecule has 6 aromatic carbocycles. The minimum atomic E-state index is 0.122. The molecule has 0 bridgehead atoms. The minimum absolute atomic E-state index is 0.122. The molecule has 0 unspecified atom stereocenters. The highest BCUT2D eigenvalue weighted by atomic mass is 79.9. The van der Waals surface area contributed by atoms with Crippen molar-refractivity contribution in [1.82, 2.24) is 0 Å². The quantitative estimate of drug-likeness (QED) is 0.133. The predicted octanol–water partition coefficient (Wildman–Crippen LogP) is 15.5. The fraction of sp³-hybridized carbons (Fsp3) is 0.250. The molecule has 0 aliphatic rings. The lowest BCUT2D eigenvalue weighted by atomic mass is 9.72. The van der Waals surface area contributed by atoms with Crippen molar-refractivity contribution in [2.24, 2.45) is 5.41 Å². The van der Waals surface area contributed by atoms with Crippen LogP contribution >= 0.6 is 31.9 Å². The van der Waals surface area contributed by atoms with Crippen LogP contribution in [-0.4, -0.2) is 0 Å². The van der Waals surface area contributed by atoms with Crippen LogP contribution in [-0.2, 0) is 18.3 Å². The smallest absolute Gasteiger partial charge is 0.0462 e. The van der Waals surface area contributed by atoms with E-state index in [1.807, 2.05) is 0 Å². The van der Waals surface area contributed by atoms with E-state index in [4.69, 9.17) is 0 Å². The first-order valence-electron chi connectivity index (χ1n) is 18.1. The summed E-state index contributed by atoms with van der Waals surface area (Å²) in [6.07, 6.45) is 3.10. The minimum Gasteiger partial charge on any atom is -0.311 e. The Balaban J connectivity index is 1.35. The molecular weight excluding hydrogens is 750 g/mol. The summed E-state index contributed by atoms with van der Waals surface area (Å²) in [7, 11) is 0. The number of nitrogens with zero attached hydrogens (tertiary/aromatic N) is 1. The molecule has 0 saturated carbocycles. The van der Waals surface area contributed by atoms with Gasteiger partial charge in [-0.15, -0.1) is 0 Å². The van der Waals surface area contributed by atoms with Crippen molar-refractivity contribution in [3.05, 3.63) is 159 Å². The molecule has 0 heterocycles. The van der Waals surface area contributed by atoms with Crippen molar-refractivity contribution in [2.45, 2.75) is 73.1 Å². The molecule has 0 saturated heterocycles. The summed E-state index contributed by atoms with van der Waals surface area (Å²) >= 11 is 7.31. The first-order chi connectivity index (χ1) is 24.3. The molecule has 0 spiro atoms. The number of rotatable bonds is 10. The van der Waals surface area contributed by atoms with E-state index < -0.39 is 0 Å². The highest BCUT2D eigenvalue weighted by molar-refractivity contribution is 9.10. The van der Waals surface area contributed by atoms with Crippen LogP contribution in [0.1, 0.15) is 71.6 Å². The third-order valence-corrected chi connectivity index (χ3v) is 10.9. The lowest BCUT2D eigenvalue weighted by Crippen LogP contribution is -2.24. The number of aryl methyl sites for hydroxylation is 2. The Morgan fingerprint density at radius 3 is 1.16 bits per heavy atom. The Hall–Kier alpha value is -3.92. The van der Waals surface area contributed by atoms with Gasteiger partial charge in [-0.05, 0) is 141 Å². The van der Waals surface area contributed by atoms with Crippen molar-refractivity contribution in [3.63, 3.8) is 0 Å². The van der Waals surface area contributed by atoms with E-state index in [2.05, 4.69) is 219 Å². The molecule has 0 fully saturated rings. The van der Waals surface area contributed by atoms with E-state index in [1.165, 1.54) is 50.1 Å². The Morgan fingerprint density at radius 1 is 0.451 bits per heavy atom. The Labute approximate surface area is 323 Å². The molecule has 0 atom stereocenters. The first-order valence-corrected chi connectivity index (χ1v) is 19.7. The van der Waals surface area contributed by atoms with Gasteiger partial charge < -0.3 is 4.90 Å². The molecule has 3 heteroatoms. The van der Waals surface area contributed by atoms with Gasteiger partial charge in [0.25, 0.3) is 0 Å². The van der Waals surface area contributed by atoms with Crippen LogP contribution in [0.4, 0.5) is 17.1 Å². The van der Waals surface area contributed by atoms with E-state index >= 15 is 0 Å². The molecular formula is C48H49Br2N. The number of anilines is 3. The van der Waals surface area contributed by atoms with Gasteiger partial charge in [-0.25, -0.2) is 0 Å². The summed E-state index contributed by atoms with van der Waals surface area (Å²) in [4.78, 5) is 2.36.